The van der Waals surface area contributed by atoms with Crippen molar-refractivity contribution in [3.05, 3.63) is 171 Å². The van der Waals surface area contributed by atoms with Crippen molar-refractivity contribution < 1.29 is 14.4 Å². The molecule has 8 rings (SSSR count). The van der Waals surface area contributed by atoms with E-state index in [2.05, 4.69) is 180 Å². The van der Waals surface area contributed by atoms with Crippen LogP contribution in [0.1, 0.15) is 7.43 Å². The molecule has 0 bridgehead atoms. The van der Waals surface area contributed by atoms with Crippen molar-refractivity contribution in [1.82, 2.24) is 0 Å². The van der Waals surface area contributed by atoms with Gasteiger partial charge in [-0.3, -0.25) is 4.70 Å². The molecule has 0 unspecified atom stereocenters. The molecule has 8 aromatic rings. The number of hydrogen-bond donors (Lipinski definition) is 1. The van der Waals surface area contributed by atoms with Crippen LogP contribution in [0.5, 0.6) is 5.75 Å². The van der Waals surface area contributed by atoms with Gasteiger partial charge in [-0.25, -0.2) is 0 Å². The van der Waals surface area contributed by atoms with Gasteiger partial charge in [0.1, 0.15) is 0 Å². The summed E-state index contributed by atoms with van der Waals surface area (Å²) in [7, 11) is 0.662. The second-order valence-electron chi connectivity index (χ2n) is 10.6. The first-order valence-corrected chi connectivity index (χ1v) is 17.0. The highest BCUT2D eigenvalue weighted by molar-refractivity contribution is 9.11. The van der Waals surface area contributed by atoms with Crippen molar-refractivity contribution in [2.24, 2.45) is 0 Å². The zero-order valence-electron chi connectivity index (χ0n) is 25.0. The maximum Gasteiger partial charge on any atom is 0.569 e. The molecule has 0 heterocycles. The average Bonchev–Trinajstić information content (AvgIpc) is 3.09. The predicted molar refractivity (Wildman–Crippen MR) is 216 cm³/mol. The first-order chi connectivity index (χ1) is 22.5. The topological polar surface area (TPSA) is 29.5 Å². The maximum absolute atomic E-state index is 8.17. The summed E-state index contributed by atoms with van der Waals surface area (Å²) in [5.74, 6) is 0.639. The average molecular weight is 826 g/mol. The third-order valence-electron chi connectivity index (χ3n) is 7.60. The Bertz CT molecular complexity index is 2200. The Morgan fingerprint density at radius 3 is 1.19 bits per heavy atom. The largest absolute Gasteiger partial charge is 0.569 e. The summed E-state index contributed by atoms with van der Waals surface area (Å²) in [6.07, 6.45) is 0. The Morgan fingerprint density at radius 2 is 0.771 bits per heavy atom. The molecule has 7 heteroatoms. The minimum Gasteiger partial charge on any atom is -0.537 e. The fraction of sp³-hybridized carbons (Fsp3) is 0.0244. The molecular weight excluding hydrogens is 794 g/mol. The molecule has 1 N–H and O–H groups in total. The third kappa shape index (κ3) is 8.91. The first-order valence-electron chi connectivity index (χ1n) is 14.6. The third-order valence-corrected chi connectivity index (χ3v) is 9.08. The molecule has 0 fully saturated rings. The lowest BCUT2D eigenvalue weighted by molar-refractivity contribution is 0.454. The quantitative estimate of drug-likeness (QED) is 0.142. The van der Waals surface area contributed by atoms with Gasteiger partial charge in [0.15, 0.2) is 0 Å². The van der Waals surface area contributed by atoms with Gasteiger partial charge in [-0.05, 0) is 109 Å². The van der Waals surface area contributed by atoms with Crippen LogP contribution in [0.25, 0.3) is 54.2 Å². The van der Waals surface area contributed by atoms with Crippen LogP contribution >= 0.6 is 47.8 Å². The van der Waals surface area contributed by atoms with Crippen LogP contribution in [0.15, 0.2) is 171 Å². The maximum atomic E-state index is 8.17. The van der Waals surface area contributed by atoms with E-state index in [1.165, 1.54) is 54.2 Å². The summed E-state index contributed by atoms with van der Waals surface area (Å²) in [4.78, 5) is 0. The molecule has 0 saturated heterocycles. The van der Waals surface area contributed by atoms with Crippen LogP contribution in [0.4, 0.5) is 4.70 Å². The number of para-hydroxylation sites is 1. The van der Waals surface area contributed by atoms with Gasteiger partial charge >= 0.3 is 7.69 Å². The Balaban J connectivity index is 0.000000172. The second kappa shape index (κ2) is 17.4. The van der Waals surface area contributed by atoms with Gasteiger partial charge < -0.3 is 9.68 Å². The summed E-state index contributed by atoms with van der Waals surface area (Å²) >= 11 is 10.6. The highest BCUT2D eigenvalue weighted by atomic mass is 79.9. The van der Waals surface area contributed by atoms with Crippen LogP contribution in [0.2, 0.25) is 0 Å². The lowest BCUT2D eigenvalue weighted by Crippen LogP contribution is -1.98. The van der Waals surface area contributed by atoms with Crippen LogP contribution in [-0.4, -0.2) is 12.7 Å². The molecule has 1 radical (unpaired) electrons. The second-order valence-corrected chi connectivity index (χ2v) is 13.3. The van der Waals surface area contributed by atoms with E-state index in [-0.39, 0.29) is 12.1 Å². The normalized spacial score (nSPS) is 10.2. The van der Waals surface area contributed by atoms with Gasteiger partial charge in [-0.2, -0.15) is 0 Å². The summed E-state index contributed by atoms with van der Waals surface area (Å²) < 4.78 is 7.99. The van der Waals surface area contributed by atoms with Crippen molar-refractivity contribution in [2.75, 3.05) is 0 Å². The van der Waals surface area contributed by atoms with Crippen LogP contribution in [0, 0.1) is 0 Å². The van der Waals surface area contributed by atoms with E-state index in [9.17, 15) is 0 Å². The summed E-state index contributed by atoms with van der Waals surface area (Å²) in [5, 5.41) is 18.4. The fourth-order valence-corrected chi connectivity index (χ4v) is 6.47. The monoisotopic (exact) mass is 823 g/mol. The smallest absolute Gasteiger partial charge is 0.537 e. The molecule has 0 atom stereocenters. The summed E-state index contributed by atoms with van der Waals surface area (Å²) in [6.45, 7) is 0. The van der Waals surface area contributed by atoms with Crippen LogP contribution in [-0.2, 0) is 0 Å². The van der Waals surface area contributed by atoms with Crippen LogP contribution < -0.4 is 4.65 Å². The predicted octanol–water partition coefficient (Wildman–Crippen LogP) is 13.3. The minimum atomic E-state index is 0. The Morgan fingerprint density at radius 1 is 0.417 bits per heavy atom. The van der Waals surface area contributed by atoms with Crippen molar-refractivity contribution in [2.45, 2.75) is 7.43 Å². The number of rotatable bonds is 3. The number of benzene rings is 8. The molecule has 8 aromatic carbocycles. The van der Waals surface area contributed by atoms with E-state index in [0.29, 0.717) is 13.4 Å². The fourth-order valence-electron chi connectivity index (χ4n) is 5.39. The van der Waals surface area contributed by atoms with Gasteiger partial charge in [-0.15, -0.1) is 0 Å². The standard InChI is InChI=1S/C20H13Br.C14H8Br2.C6H6BO2.CH4.FH/c21-18-11-10-16-7-6-15-8-9-17(12-19(15)20(16)13-18)14-4-2-1-3-5-14;15-11-5-3-9-1-2-10-4-6-12(16)8-14(10)13(9)7-11;8-7-9-6-4-2-1-3-5-6;;/h1-13H;1-8H;1-5,8H;1H4;1H. The van der Waals surface area contributed by atoms with E-state index < -0.39 is 0 Å². The Kier molecular flexibility index (Phi) is 13.4. The first kappa shape index (κ1) is 36.8. The van der Waals surface area contributed by atoms with Crippen molar-refractivity contribution in [3.8, 4) is 16.9 Å². The van der Waals surface area contributed by atoms with E-state index in [4.69, 9.17) is 5.02 Å². The zero-order valence-corrected chi connectivity index (χ0v) is 29.7. The highest BCUT2D eigenvalue weighted by Gasteiger charge is 2.05. The molecular formula is C41H32BBr3FO2. The highest BCUT2D eigenvalue weighted by Crippen LogP contribution is 2.32. The molecule has 48 heavy (non-hydrogen) atoms. The molecule has 0 aromatic heterocycles. The molecule has 239 valence electrons. The van der Waals surface area contributed by atoms with Gasteiger partial charge in [0, 0.05) is 13.4 Å². The Labute approximate surface area is 306 Å². The van der Waals surface area contributed by atoms with E-state index in [0.717, 1.165) is 13.4 Å². The molecule has 0 aliphatic carbocycles. The molecule has 0 amide bonds. The molecule has 0 aliphatic rings. The molecule has 0 spiro atoms. The van der Waals surface area contributed by atoms with Gasteiger partial charge in [0.2, 0.25) is 0 Å². The molecule has 0 saturated carbocycles. The SMILES string of the molecule is Brc1ccc2ccc3ccc(-c4ccccc4)cc3c2c1.Brc1ccc2ccc3ccc(Br)cc3c2c1.C.F.O[B]Oc1ccccc1. The Hall–Kier alpha value is -4.01. The number of hydrogen-bond acceptors (Lipinski definition) is 2. The lowest BCUT2D eigenvalue weighted by atomic mass is 9.97. The molecule has 2 nitrogen and oxygen atoms in total. The summed E-state index contributed by atoms with van der Waals surface area (Å²) in [6, 6.07) is 54.2. The zero-order chi connectivity index (χ0) is 31.9. The number of halogens is 4. The van der Waals surface area contributed by atoms with Crippen LogP contribution in [0.3, 0.4) is 0 Å². The van der Waals surface area contributed by atoms with Crippen molar-refractivity contribution in [1.29, 1.82) is 0 Å². The van der Waals surface area contributed by atoms with E-state index in [1.54, 1.807) is 12.1 Å². The molecule has 0 aliphatic heterocycles. The van der Waals surface area contributed by atoms with Gasteiger partial charge in [-0.1, -0.05) is 158 Å². The van der Waals surface area contributed by atoms with E-state index >= 15 is 0 Å². The lowest BCUT2D eigenvalue weighted by Gasteiger charge is -2.08. The van der Waals surface area contributed by atoms with Crippen molar-refractivity contribution >= 4 is 98.6 Å². The van der Waals surface area contributed by atoms with Gasteiger partial charge in [0.25, 0.3) is 0 Å². The summed E-state index contributed by atoms with van der Waals surface area (Å²) in [5.41, 5.74) is 2.52. The van der Waals surface area contributed by atoms with E-state index in [1.807, 2.05) is 18.2 Å². The van der Waals surface area contributed by atoms with Crippen molar-refractivity contribution in [3.63, 3.8) is 0 Å². The number of fused-ring (bicyclic) bond motifs is 6. The minimum absolute atomic E-state index is 0. The van der Waals surface area contributed by atoms with Gasteiger partial charge in [0.05, 0.1) is 5.75 Å².